The molecule has 2 N–H and O–H groups in total. The first-order chi connectivity index (χ1) is 7.92. The Morgan fingerprint density at radius 3 is 2.88 bits per heavy atom. The van der Waals surface area contributed by atoms with Crippen LogP contribution >= 0.6 is 0 Å². The number of ether oxygens (including phenoxy) is 1. The molecule has 1 aromatic heterocycles. The molecule has 0 saturated carbocycles. The Kier molecular flexibility index (Phi) is 4.27. The topological polar surface area (TPSA) is 51.4 Å². The Bertz CT molecular complexity index is 298. The Labute approximate surface area is 96.4 Å². The molecule has 2 rings (SSSR count). The quantitative estimate of drug-likeness (QED) is 0.817. The van der Waals surface area contributed by atoms with Gasteiger partial charge in [0.1, 0.15) is 0 Å². The second-order valence-electron chi connectivity index (χ2n) is 4.03. The normalized spacial score (nSPS) is 19.6. The summed E-state index contributed by atoms with van der Waals surface area (Å²) in [4.78, 5) is 6.62. The van der Waals surface area contributed by atoms with Crippen molar-refractivity contribution in [3.05, 3.63) is 30.1 Å². The van der Waals surface area contributed by atoms with Gasteiger partial charge < -0.3 is 10.5 Å². The highest BCUT2D eigenvalue weighted by molar-refractivity contribution is 5.14. The molecule has 0 bridgehead atoms. The molecular formula is C12H19N3O. The number of aromatic nitrogens is 1. The summed E-state index contributed by atoms with van der Waals surface area (Å²) in [5.41, 5.74) is 6.95. The Balaban J connectivity index is 2.09. The van der Waals surface area contributed by atoms with Crippen LogP contribution in [0.25, 0.3) is 0 Å². The van der Waals surface area contributed by atoms with E-state index in [1.807, 2.05) is 18.5 Å². The second-order valence-corrected chi connectivity index (χ2v) is 4.03. The van der Waals surface area contributed by atoms with E-state index in [4.69, 9.17) is 10.5 Å². The van der Waals surface area contributed by atoms with Crippen LogP contribution in [-0.4, -0.2) is 42.7 Å². The second kappa shape index (κ2) is 5.94. The SMILES string of the molecule is NCCC(c1cccnc1)N1CCOCC1. The average Bonchev–Trinajstić information content (AvgIpc) is 2.38. The Morgan fingerprint density at radius 1 is 1.44 bits per heavy atom. The standard InChI is InChI=1S/C12H19N3O/c13-4-3-12(11-2-1-5-14-10-11)15-6-8-16-9-7-15/h1-2,5,10,12H,3-4,6-9,13H2. The van der Waals surface area contributed by atoms with Crippen molar-refractivity contribution in [2.75, 3.05) is 32.8 Å². The van der Waals surface area contributed by atoms with E-state index in [-0.39, 0.29) is 0 Å². The maximum absolute atomic E-state index is 5.70. The molecule has 0 radical (unpaired) electrons. The van der Waals surface area contributed by atoms with Gasteiger partial charge in [-0.15, -0.1) is 0 Å². The van der Waals surface area contributed by atoms with Gasteiger partial charge in [-0.25, -0.2) is 0 Å². The van der Waals surface area contributed by atoms with Gasteiger partial charge in [0.25, 0.3) is 0 Å². The first-order valence-electron chi connectivity index (χ1n) is 5.83. The summed E-state index contributed by atoms with van der Waals surface area (Å²) in [6.45, 7) is 4.32. The molecule has 88 valence electrons. The van der Waals surface area contributed by atoms with Gasteiger partial charge in [-0.1, -0.05) is 6.07 Å². The molecule has 4 nitrogen and oxygen atoms in total. The minimum Gasteiger partial charge on any atom is -0.379 e. The number of pyridine rings is 1. The summed E-state index contributed by atoms with van der Waals surface area (Å²) in [5, 5.41) is 0. The van der Waals surface area contributed by atoms with Gasteiger partial charge in [0.15, 0.2) is 0 Å². The molecule has 1 aliphatic heterocycles. The van der Waals surface area contributed by atoms with E-state index in [1.54, 1.807) is 0 Å². The highest BCUT2D eigenvalue weighted by Crippen LogP contribution is 2.23. The summed E-state index contributed by atoms with van der Waals surface area (Å²) in [6, 6.07) is 4.50. The summed E-state index contributed by atoms with van der Waals surface area (Å²) < 4.78 is 5.38. The minimum absolute atomic E-state index is 0.391. The zero-order valence-corrected chi connectivity index (χ0v) is 9.51. The van der Waals surface area contributed by atoms with Crippen LogP contribution in [0.1, 0.15) is 18.0 Å². The number of rotatable bonds is 4. The molecule has 1 unspecified atom stereocenters. The van der Waals surface area contributed by atoms with Crippen LogP contribution < -0.4 is 5.73 Å². The van der Waals surface area contributed by atoms with Crippen molar-refractivity contribution in [1.29, 1.82) is 0 Å². The summed E-state index contributed by atoms with van der Waals surface area (Å²) >= 11 is 0. The van der Waals surface area contributed by atoms with Gasteiger partial charge in [-0.05, 0) is 24.6 Å². The van der Waals surface area contributed by atoms with Crippen LogP contribution in [0.15, 0.2) is 24.5 Å². The Hall–Kier alpha value is -0.970. The lowest BCUT2D eigenvalue weighted by molar-refractivity contribution is 0.0146. The van der Waals surface area contributed by atoms with Crippen molar-refractivity contribution in [2.24, 2.45) is 5.73 Å². The smallest absolute Gasteiger partial charge is 0.0594 e. The summed E-state index contributed by atoms with van der Waals surface area (Å²) in [5.74, 6) is 0. The molecule has 1 saturated heterocycles. The number of nitrogens with two attached hydrogens (primary N) is 1. The zero-order valence-electron chi connectivity index (χ0n) is 9.51. The fraction of sp³-hybridized carbons (Fsp3) is 0.583. The molecule has 4 heteroatoms. The minimum atomic E-state index is 0.391. The van der Waals surface area contributed by atoms with E-state index in [0.717, 1.165) is 32.7 Å². The molecule has 0 amide bonds. The molecule has 0 spiro atoms. The molecule has 16 heavy (non-hydrogen) atoms. The van der Waals surface area contributed by atoms with Gasteiger partial charge in [-0.2, -0.15) is 0 Å². The largest absolute Gasteiger partial charge is 0.379 e. The summed E-state index contributed by atoms with van der Waals surface area (Å²) in [7, 11) is 0. The van der Waals surface area contributed by atoms with Crippen molar-refractivity contribution in [3.63, 3.8) is 0 Å². The average molecular weight is 221 g/mol. The molecule has 1 aromatic rings. The fourth-order valence-corrected chi connectivity index (χ4v) is 2.18. The van der Waals surface area contributed by atoms with E-state index in [0.29, 0.717) is 12.6 Å². The predicted molar refractivity (Wildman–Crippen MR) is 63.0 cm³/mol. The monoisotopic (exact) mass is 221 g/mol. The number of hydrogen-bond donors (Lipinski definition) is 1. The fourth-order valence-electron chi connectivity index (χ4n) is 2.18. The lowest BCUT2D eigenvalue weighted by atomic mass is 10.0. The Morgan fingerprint density at radius 2 is 2.25 bits per heavy atom. The van der Waals surface area contributed by atoms with Crippen LogP contribution in [0.2, 0.25) is 0 Å². The van der Waals surface area contributed by atoms with E-state index in [2.05, 4.69) is 16.0 Å². The van der Waals surface area contributed by atoms with Crippen molar-refractivity contribution in [1.82, 2.24) is 9.88 Å². The van der Waals surface area contributed by atoms with Crippen molar-refractivity contribution >= 4 is 0 Å². The van der Waals surface area contributed by atoms with Crippen molar-refractivity contribution in [2.45, 2.75) is 12.5 Å². The lowest BCUT2D eigenvalue weighted by Crippen LogP contribution is -2.39. The maximum atomic E-state index is 5.70. The van der Waals surface area contributed by atoms with Crippen molar-refractivity contribution < 1.29 is 4.74 Å². The highest BCUT2D eigenvalue weighted by atomic mass is 16.5. The summed E-state index contributed by atoms with van der Waals surface area (Å²) in [6.07, 6.45) is 4.73. The van der Waals surface area contributed by atoms with E-state index < -0.39 is 0 Å². The number of hydrogen-bond acceptors (Lipinski definition) is 4. The third-order valence-corrected chi connectivity index (χ3v) is 3.00. The first-order valence-corrected chi connectivity index (χ1v) is 5.83. The molecular weight excluding hydrogens is 202 g/mol. The van der Waals surface area contributed by atoms with Crippen LogP contribution in [0.3, 0.4) is 0 Å². The molecule has 1 aliphatic rings. The third kappa shape index (κ3) is 2.78. The van der Waals surface area contributed by atoms with Gasteiger partial charge in [-0.3, -0.25) is 9.88 Å². The zero-order chi connectivity index (χ0) is 11.2. The maximum Gasteiger partial charge on any atom is 0.0594 e. The van der Waals surface area contributed by atoms with Gasteiger partial charge in [0.2, 0.25) is 0 Å². The van der Waals surface area contributed by atoms with Crippen LogP contribution in [0.4, 0.5) is 0 Å². The van der Waals surface area contributed by atoms with Gasteiger partial charge in [0.05, 0.1) is 13.2 Å². The lowest BCUT2D eigenvalue weighted by Gasteiger charge is -2.34. The van der Waals surface area contributed by atoms with Gasteiger partial charge in [0, 0.05) is 31.5 Å². The van der Waals surface area contributed by atoms with E-state index >= 15 is 0 Å². The first kappa shape index (κ1) is 11.5. The molecule has 1 atom stereocenters. The van der Waals surface area contributed by atoms with Crippen molar-refractivity contribution in [3.8, 4) is 0 Å². The van der Waals surface area contributed by atoms with E-state index in [1.165, 1.54) is 5.56 Å². The molecule has 0 aromatic carbocycles. The molecule has 1 fully saturated rings. The highest BCUT2D eigenvalue weighted by Gasteiger charge is 2.21. The van der Waals surface area contributed by atoms with Crippen LogP contribution in [0, 0.1) is 0 Å². The molecule has 2 heterocycles. The third-order valence-electron chi connectivity index (χ3n) is 3.00. The van der Waals surface area contributed by atoms with Crippen LogP contribution in [-0.2, 0) is 4.74 Å². The number of nitrogens with zero attached hydrogens (tertiary/aromatic N) is 2. The molecule has 0 aliphatic carbocycles. The predicted octanol–water partition coefficient (Wildman–Crippen LogP) is 0.804. The van der Waals surface area contributed by atoms with Gasteiger partial charge >= 0.3 is 0 Å². The number of morpholine rings is 1. The van der Waals surface area contributed by atoms with E-state index in [9.17, 15) is 0 Å². The van der Waals surface area contributed by atoms with Crippen LogP contribution in [0.5, 0.6) is 0 Å².